The molecule has 13 heteroatoms. The summed E-state index contributed by atoms with van der Waals surface area (Å²) in [5.74, 6) is 0.412. The second-order valence-corrected chi connectivity index (χ2v) is 6.90. The number of benzene rings is 2. The van der Waals surface area contributed by atoms with Gasteiger partial charge in [0, 0.05) is 23.3 Å². The number of nitro benzene ring substituents is 1. The first kappa shape index (κ1) is 19.2. The van der Waals surface area contributed by atoms with Crippen molar-refractivity contribution in [2.24, 2.45) is 0 Å². The van der Waals surface area contributed by atoms with Crippen molar-refractivity contribution in [3.05, 3.63) is 74.1 Å². The van der Waals surface area contributed by atoms with Crippen LogP contribution in [-0.2, 0) is 0 Å². The third-order valence-corrected chi connectivity index (χ3v) is 5.14. The maximum atomic E-state index is 12.7. The van der Waals surface area contributed by atoms with E-state index < -0.39 is 16.5 Å². The number of H-pyrrole nitrogens is 1. The lowest BCUT2D eigenvalue weighted by atomic mass is 9.92. The number of phenolic OH excluding ortho intramolecular Hbond substituents is 1. The highest BCUT2D eigenvalue weighted by molar-refractivity contribution is 5.76. The predicted octanol–water partition coefficient (Wildman–Crippen LogP) is 1.74. The summed E-state index contributed by atoms with van der Waals surface area (Å²) in [6, 6.07) is 9.82. The molecule has 160 valence electrons. The summed E-state index contributed by atoms with van der Waals surface area (Å²) in [7, 11) is 1.42. The van der Waals surface area contributed by atoms with E-state index in [1.54, 1.807) is 24.3 Å². The number of phenols is 1. The number of aromatic amines is 1. The lowest BCUT2D eigenvalue weighted by Gasteiger charge is -2.28. The Bertz CT molecular complexity index is 1410. The number of anilines is 2. The largest absolute Gasteiger partial charge is 0.504 e. The van der Waals surface area contributed by atoms with E-state index in [1.165, 1.54) is 30.0 Å². The Hall–Kier alpha value is -4.81. The van der Waals surface area contributed by atoms with Gasteiger partial charge in [-0.05, 0) is 40.3 Å². The van der Waals surface area contributed by atoms with Crippen molar-refractivity contribution >= 4 is 17.3 Å². The number of non-ortho nitro benzene ring substituents is 1. The number of methoxy groups -OCH3 is 1. The molecule has 0 bridgehead atoms. The number of nitro groups is 1. The van der Waals surface area contributed by atoms with Crippen LogP contribution in [0.1, 0.15) is 17.2 Å². The first-order chi connectivity index (χ1) is 15.5. The molecule has 3 N–H and O–H groups in total. The molecule has 0 saturated heterocycles. The Kier molecular flexibility index (Phi) is 4.29. The van der Waals surface area contributed by atoms with Crippen LogP contribution in [-0.4, -0.2) is 47.5 Å². The number of aromatic nitrogens is 6. The number of nitrogens with one attached hydrogen (secondary N) is 2. The van der Waals surface area contributed by atoms with E-state index in [0.717, 1.165) is 0 Å². The number of rotatable bonds is 4. The molecule has 1 atom stereocenters. The first-order valence-corrected chi connectivity index (χ1v) is 9.27. The Morgan fingerprint density at radius 1 is 1.22 bits per heavy atom. The highest BCUT2D eigenvalue weighted by atomic mass is 16.6. The van der Waals surface area contributed by atoms with Crippen LogP contribution < -0.4 is 15.6 Å². The zero-order valence-electron chi connectivity index (χ0n) is 16.4. The summed E-state index contributed by atoms with van der Waals surface area (Å²) >= 11 is 0. The smallest absolute Gasteiger partial charge is 0.288 e. The van der Waals surface area contributed by atoms with Gasteiger partial charge in [-0.25, -0.2) is 5.10 Å². The second kappa shape index (κ2) is 7.16. The number of ether oxygens (including phenoxy) is 1. The van der Waals surface area contributed by atoms with E-state index in [-0.39, 0.29) is 28.8 Å². The predicted molar refractivity (Wildman–Crippen MR) is 110 cm³/mol. The first-order valence-electron chi connectivity index (χ1n) is 9.27. The quantitative estimate of drug-likeness (QED) is 0.279. The monoisotopic (exact) mass is 434 g/mol. The van der Waals surface area contributed by atoms with Gasteiger partial charge < -0.3 is 15.2 Å². The van der Waals surface area contributed by atoms with Crippen molar-refractivity contribution in [1.82, 2.24) is 30.4 Å². The minimum absolute atomic E-state index is 0.0537. The molecule has 0 fully saturated rings. The van der Waals surface area contributed by atoms with Crippen LogP contribution in [0.25, 0.3) is 11.3 Å². The zero-order chi connectivity index (χ0) is 22.4. The molecule has 0 unspecified atom stereocenters. The molecule has 0 amide bonds. The van der Waals surface area contributed by atoms with Gasteiger partial charge in [-0.3, -0.25) is 14.9 Å². The van der Waals surface area contributed by atoms with Crippen LogP contribution in [0, 0.1) is 10.1 Å². The number of hydrogen-bond acceptors (Lipinski definition) is 10. The van der Waals surface area contributed by atoms with Crippen molar-refractivity contribution in [1.29, 1.82) is 0 Å². The summed E-state index contributed by atoms with van der Waals surface area (Å²) in [6.45, 7) is 0. The van der Waals surface area contributed by atoms with Crippen LogP contribution in [0.5, 0.6) is 11.5 Å². The summed E-state index contributed by atoms with van der Waals surface area (Å²) < 4.78 is 6.71. The molecule has 1 aliphatic rings. The molecule has 13 nitrogen and oxygen atoms in total. The molecule has 1 aliphatic heterocycles. The van der Waals surface area contributed by atoms with Crippen molar-refractivity contribution in [2.45, 2.75) is 6.04 Å². The normalized spacial score (nSPS) is 14.2. The SMILES string of the molecule is COc1cc([C@@H]2c3c(-c4ccc([N+](=O)[O-])cc4)n[nH]c(=O)c3Nc3nnnn32)ccc1O. The second-order valence-electron chi connectivity index (χ2n) is 6.90. The lowest BCUT2D eigenvalue weighted by molar-refractivity contribution is -0.384. The van der Waals surface area contributed by atoms with E-state index in [4.69, 9.17) is 4.74 Å². The summed E-state index contributed by atoms with van der Waals surface area (Å²) in [6.07, 6.45) is 0. The Labute approximate surface area is 178 Å². The molecule has 4 aromatic rings. The molecule has 0 aliphatic carbocycles. The average molecular weight is 434 g/mol. The maximum absolute atomic E-state index is 12.7. The van der Waals surface area contributed by atoms with Gasteiger partial charge in [0.05, 0.1) is 17.7 Å². The molecule has 2 aromatic carbocycles. The van der Waals surface area contributed by atoms with Crippen molar-refractivity contribution in [2.75, 3.05) is 12.4 Å². The third-order valence-electron chi connectivity index (χ3n) is 5.14. The van der Waals surface area contributed by atoms with Crippen LogP contribution in [0.3, 0.4) is 0 Å². The van der Waals surface area contributed by atoms with E-state index in [0.29, 0.717) is 22.4 Å². The van der Waals surface area contributed by atoms with E-state index in [2.05, 4.69) is 31.0 Å². The average Bonchev–Trinajstić information content (AvgIpc) is 3.27. The highest BCUT2D eigenvalue weighted by Crippen LogP contribution is 2.42. The van der Waals surface area contributed by atoms with Gasteiger partial charge in [0.15, 0.2) is 11.5 Å². The molecule has 3 heterocycles. The molecule has 5 rings (SSSR count). The number of aromatic hydroxyl groups is 1. The van der Waals surface area contributed by atoms with Crippen molar-refractivity contribution < 1.29 is 14.8 Å². The topological polar surface area (TPSA) is 174 Å². The third kappa shape index (κ3) is 2.91. The van der Waals surface area contributed by atoms with Crippen LogP contribution in [0.15, 0.2) is 47.3 Å². The Balaban J connectivity index is 1.77. The van der Waals surface area contributed by atoms with Gasteiger partial charge in [-0.2, -0.15) is 9.78 Å². The van der Waals surface area contributed by atoms with Gasteiger partial charge in [-0.15, -0.1) is 0 Å². The molecule has 32 heavy (non-hydrogen) atoms. The summed E-state index contributed by atoms with van der Waals surface area (Å²) in [4.78, 5) is 23.2. The maximum Gasteiger partial charge on any atom is 0.288 e. The standard InChI is InChI=1S/C19H14N8O5/c1-32-13-8-10(4-7-12(13)28)17-14-15(9-2-5-11(6-3-9)27(30)31)21-22-18(29)16(14)20-19-23-24-25-26(17)19/h2-8,17,28H,1H3,(H,22,29)(H,20,23,25)/t17-/m1/s1. The van der Waals surface area contributed by atoms with Crippen molar-refractivity contribution in [3.8, 4) is 22.8 Å². The zero-order valence-corrected chi connectivity index (χ0v) is 16.4. The van der Waals surface area contributed by atoms with Crippen molar-refractivity contribution in [3.63, 3.8) is 0 Å². The lowest BCUT2D eigenvalue weighted by Crippen LogP contribution is -2.29. The van der Waals surface area contributed by atoms with E-state index >= 15 is 0 Å². The van der Waals surface area contributed by atoms with E-state index in [9.17, 15) is 20.0 Å². The minimum atomic E-state index is -0.703. The van der Waals surface area contributed by atoms with Gasteiger partial charge >= 0.3 is 0 Å². The molecule has 2 aromatic heterocycles. The molecule has 0 spiro atoms. The fraction of sp³-hybridized carbons (Fsp3) is 0.105. The number of nitrogens with zero attached hydrogens (tertiary/aromatic N) is 6. The summed E-state index contributed by atoms with van der Waals surface area (Å²) in [5, 5.41) is 42.3. The number of tetrazole rings is 1. The van der Waals surface area contributed by atoms with Gasteiger partial charge in [0.1, 0.15) is 11.7 Å². The number of fused-ring (bicyclic) bond motifs is 2. The van der Waals surface area contributed by atoms with E-state index in [1.807, 2.05) is 0 Å². The summed E-state index contributed by atoms with van der Waals surface area (Å²) in [5.41, 5.74) is 1.61. The van der Waals surface area contributed by atoms with Gasteiger partial charge in [0.25, 0.3) is 11.2 Å². The molecular weight excluding hydrogens is 420 g/mol. The fourth-order valence-electron chi connectivity index (χ4n) is 3.67. The minimum Gasteiger partial charge on any atom is -0.504 e. The Morgan fingerprint density at radius 2 is 2.00 bits per heavy atom. The van der Waals surface area contributed by atoms with Crippen LogP contribution in [0.2, 0.25) is 0 Å². The van der Waals surface area contributed by atoms with Gasteiger partial charge in [-0.1, -0.05) is 11.2 Å². The molecule has 0 saturated carbocycles. The Morgan fingerprint density at radius 3 is 2.72 bits per heavy atom. The van der Waals surface area contributed by atoms with Gasteiger partial charge in [0.2, 0.25) is 5.95 Å². The molecular formula is C19H14N8O5. The van der Waals surface area contributed by atoms with Crippen LogP contribution >= 0.6 is 0 Å². The fourth-order valence-corrected chi connectivity index (χ4v) is 3.67. The number of hydrogen-bond donors (Lipinski definition) is 3. The van der Waals surface area contributed by atoms with Crippen LogP contribution in [0.4, 0.5) is 17.3 Å². The highest BCUT2D eigenvalue weighted by Gasteiger charge is 2.34. The molecule has 0 radical (unpaired) electrons.